The summed E-state index contributed by atoms with van der Waals surface area (Å²) in [7, 11) is 0. The van der Waals surface area contributed by atoms with E-state index in [1.165, 1.54) is 6.07 Å². The van der Waals surface area contributed by atoms with Crippen LogP contribution < -0.4 is 0 Å². The molecule has 0 fully saturated rings. The summed E-state index contributed by atoms with van der Waals surface area (Å²) in [6, 6.07) is 4.73. The number of hydrogen-bond acceptors (Lipinski definition) is 0. The zero-order valence-electron chi connectivity index (χ0n) is 8.28. The van der Waals surface area contributed by atoms with Crippen molar-refractivity contribution in [2.24, 2.45) is 5.41 Å². The number of alkyl halides is 1. The van der Waals surface area contributed by atoms with Crippen LogP contribution in [-0.2, 0) is 6.42 Å². The fourth-order valence-electron chi connectivity index (χ4n) is 1.24. The highest BCUT2D eigenvalue weighted by Gasteiger charge is 2.18. The Morgan fingerprint density at radius 2 is 2.07 bits per heavy atom. The third-order valence-corrected chi connectivity index (χ3v) is 3.54. The van der Waals surface area contributed by atoms with Crippen LogP contribution in [0.3, 0.4) is 0 Å². The number of rotatable bonds is 3. The van der Waals surface area contributed by atoms with Crippen LogP contribution in [0.1, 0.15) is 19.4 Å². The molecule has 1 aromatic carbocycles. The maximum absolute atomic E-state index is 13.0. The molecule has 0 aliphatic heterocycles. The van der Waals surface area contributed by atoms with E-state index in [1.54, 1.807) is 12.1 Å². The van der Waals surface area contributed by atoms with Gasteiger partial charge < -0.3 is 0 Å². The van der Waals surface area contributed by atoms with E-state index in [1.807, 2.05) is 0 Å². The van der Waals surface area contributed by atoms with E-state index in [-0.39, 0.29) is 11.2 Å². The second-order valence-electron chi connectivity index (χ2n) is 4.21. The first kappa shape index (κ1) is 12.0. The standard InChI is InChI=1S/C11H13BrClF/c1-11(2,7-13)6-8-5-9(14)3-4-10(8)12/h3-5H,6-7H2,1-2H3. The summed E-state index contributed by atoms with van der Waals surface area (Å²) < 4.78 is 13.9. The zero-order chi connectivity index (χ0) is 10.8. The van der Waals surface area contributed by atoms with E-state index >= 15 is 0 Å². The second kappa shape index (κ2) is 4.63. The third-order valence-electron chi connectivity index (χ3n) is 2.04. The van der Waals surface area contributed by atoms with Crippen molar-refractivity contribution in [3.8, 4) is 0 Å². The molecule has 3 heteroatoms. The molecule has 0 heterocycles. The molecule has 0 aliphatic rings. The molecule has 0 saturated heterocycles. The highest BCUT2D eigenvalue weighted by molar-refractivity contribution is 9.10. The maximum Gasteiger partial charge on any atom is 0.123 e. The number of halogens is 3. The van der Waals surface area contributed by atoms with Crippen molar-refractivity contribution in [3.63, 3.8) is 0 Å². The van der Waals surface area contributed by atoms with E-state index < -0.39 is 0 Å². The smallest absolute Gasteiger partial charge is 0.123 e. The van der Waals surface area contributed by atoms with Crippen LogP contribution in [0.15, 0.2) is 22.7 Å². The van der Waals surface area contributed by atoms with Gasteiger partial charge in [0.05, 0.1) is 0 Å². The largest absolute Gasteiger partial charge is 0.207 e. The third kappa shape index (κ3) is 3.25. The normalized spacial score (nSPS) is 11.8. The van der Waals surface area contributed by atoms with Gasteiger partial charge >= 0.3 is 0 Å². The van der Waals surface area contributed by atoms with Gasteiger partial charge in [0.1, 0.15) is 5.82 Å². The molecule has 0 saturated carbocycles. The Hall–Kier alpha value is -0.0800. The molecule has 0 spiro atoms. The van der Waals surface area contributed by atoms with E-state index in [9.17, 15) is 4.39 Å². The topological polar surface area (TPSA) is 0 Å². The summed E-state index contributed by atoms with van der Waals surface area (Å²) in [6.07, 6.45) is 0.773. The minimum atomic E-state index is -0.200. The Kier molecular flexibility index (Phi) is 3.96. The lowest BCUT2D eigenvalue weighted by atomic mass is 9.88. The molecule has 14 heavy (non-hydrogen) atoms. The monoisotopic (exact) mass is 278 g/mol. The lowest BCUT2D eigenvalue weighted by molar-refractivity contribution is 0.416. The highest BCUT2D eigenvalue weighted by Crippen LogP contribution is 2.28. The van der Waals surface area contributed by atoms with Gasteiger partial charge in [-0.3, -0.25) is 0 Å². The van der Waals surface area contributed by atoms with Crippen LogP contribution in [0.4, 0.5) is 4.39 Å². The Morgan fingerprint density at radius 3 is 2.64 bits per heavy atom. The molecular formula is C11H13BrClF. The molecule has 0 aliphatic carbocycles. The van der Waals surface area contributed by atoms with Crippen molar-refractivity contribution in [2.75, 3.05) is 5.88 Å². The average molecular weight is 280 g/mol. The van der Waals surface area contributed by atoms with Gasteiger partial charge in [0.2, 0.25) is 0 Å². The molecular weight excluding hydrogens is 266 g/mol. The first-order valence-corrected chi connectivity index (χ1v) is 5.77. The summed E-state index contributed by atoms with van der Waals surface area (Å²) >= 11 is 9.23. The molecule has 0 nitrogen and oxygen atoms in total. The Morgan fingerprint density at radius 1 is 1.43 bits per heavy atom. The SMILES string of the molecule is CC(C)(CCl)Cc1cc(F)ccc1Br. The minimum absolute atomic E-state index is 0.00211. The fraction of sp³-hybridized carbons (Fsp3) is 0.455. The molecule has 0 aromatic heterocycles. The van der Waals surface area contributed by atoms with Crippen molar-refractivity contribution < 1.29 is 4.39 Å². The zero-order valence-corrected chi connectivity index (χ0v) is 10.6. The summed E-state index contributed by atoms with van der Waals surface area (Å²) in [5, 5.41) is 0. The second-order valence-corrected chi connectivity index (χ2v) is 5.33. The van der Waals surface area contributed by atoms with Crippen LogP contribution in [0.5, 0.6) is 0 Å². The predicted molar refractivity (Wildman–Crippen MR) is 62.3 cm³/mol. The Labute approximate surface area is 97.6 Å². The van der Waals surface area contributed by atoms with E-state index in [4.69, 9.17) is 11.6 Å². The van der Waals surface area contributed by atoms with Gasteiger partial charge in [0.25, 0.3) is 0 Å². The van der Waals surface area contributed by atoms with Gasteiger partial charge in [-0.15, -0.1) is 11.6 Å². The van der Waals surface area contributed by atoms with Crippen LogP contribution in [0.25, 0.3) is 0 Å². The molecule has 0 N–H and O–H groups in total. The fourth-order valence-corrected chi connectivity index (χ4v) is 1.72. The lowest BCUT2D eigenvalue weighted by Crippen LogP contribution is -2.17. The first-order valence-electron chi connectivity index (χ1n) is 4.44. The Bertz CT molecular complexity index is 323. The predicted octanol–water partition coefficient (Wildman–Crippen LogP) is 4.40. The number of benzene rings is 1. The van der Waals surface area contributed by atoms with Gasteiger partial charge in [-0.1, -0.05) is 29.8 Å². The molecule has 1 aromatic rings. The van der Waals surface area contributed by atoms with Crippen LogP contribution in [0.2, 0.25) is 0 Å². The molecule has 78 valence electrons. The van der Waals surface area contributed by atoms with Gasteiger partial charge in [0, 0.05) is 10.4 Å². The highest BCUT2D eigenvalue weighted by atomic mass is 79.9. The van der Waals surface area contributed by atoms with E-state index in [2.05, 4.69) is 29.8 Å². The van der Waals surface area contributed by atoms with Gasteiger partial charge in [-0.05, 0) is 35.6 Å². The van der Waals surface area contributed by atoms with Crippen LogP contribution in [0, 0.1) is 11.2 Å². The summed E-state index contributed by atoms with van der Waals surface area (Å²) in [5.74, 6) is 0.365. The van der Waals surface area contributed by atoms with Crippen molar-refractivity contribution in [3.05, 3.63) is 34.1 Å². The molecule has 1 rings (SSSR count). The average Bonchev–Trinajstić information content (AvgIpc) is 2.11. The lowest BCUT2D eigenvalue weighted by Gasteiger charge is -2.21. The Balaban J connectivity index is 2.91. The van der Waals surface area contributed by atoms with Gasteiger partial charge in [-0.2, -0.15) is 0 Å². The summed E-state index contributed by atoms with van der Waals surface area (Å²) in [4.78, 5) is 0. The van der Waals surface area contributed by atoms with E-state index in [0.29, 0.717) is 5.88 Å². The van der Waals surface area contributed by atoms with Crippen molar-refractivity contribution in [1.29, 1.82) is 0 Å². The molecule has 0 amide bonds. The van der Waals surface area contributed by atoms with Crippen molar-refractivity contribution in [1.82, 2.24) is 0 Å². The van der Waals surface area contributed by atoms with Crippen LogP contribution >= 0.6 is 27.5 Å². The van der Waals surface area contributed by atoms with Gasteiger partial charge in [0.15, 0.2) is 0 Å². The first-order chi connectivity index (χ1) is 6.44. The van der Waals surface area contributed by atoms with Gasteiger partial charge in [-0.25, -0.2) is 4.39 Å². The molecule has 0 radical (unpaired) electrons. The van der Waals surface area contributed by atoms with E-state index in [0.717, 1.165) is 16.5 Å². The molecule has 0 bridgehead atoms. The maximum atomic E-state index is 13.0. The number of hydrogen-bond donors (Lipinski definition) is 0. The minimum Gasteiger partial charge on any atom is -0.207 e. The molecule has 0 atom stereocenters. The van der Waals surface area contributed by atoms with Crippen LogP contribution in [-0.4, -0.2) is 5.88 Å². The summed E-state index contributed by atoms with van der Waals surface area (Å²) in [5.41, 5.74) is 0.966. The quantitative estimate of drug-likeness (QED) is 0.720. The summed E-state index contributed by atoms with van der Waals surface area (Å²) in [6.45, 7) is 4.13. The van der Waals surface area contributed by atoms with Crippen molar-refractivity contribution in [2.45, 2.75) is 20.3 Å². The molecule has 0 unspecified atom stereocenters. The van der Waals surface area contributed by atoms with Crippen molar-refractivity contribution >= 4 is 27.5 Å².